The van der Waals surface area contributed by atoms with Gasteiger partial charge in [0.1, 0.15) is 0 Å². The van der Waals surface area contributed by atoms with E-state index >= 15 is 0 Å². The summed E-state index contributed by atoms with van der Waals surface area (Å²) in [6.45, 7) is 2.06. The Morgan fingerprint density at radius 3 is 2.19 bits per heavy atom. The van der Waals surface area contributed by atoms with Crippen LogP contribution >= 0.6 is 15.9 Å². The van der Waals surface area contributed by atoms with Gasteiger partial charge in [-0.2, -0.15) is 5.26 Å². The lowest BCUT2D eigenvalue weighted by Crippen LogP contribution is -1.81. The van der Waals surface area contributed by atoms with E-state index in [0.717, 1.165) is 15.6 Å². The number of rotatable bonds is 1. The molecule has 0 bridgehead atoms. The summed E-state index contributed by atoms with van der Waals surface area (Å²) in [5, 5.41) is 8.72. The number of hydrogen-bond donors (Lipinski definition) is 0. The zero-order chi connectivity index (χ0) is 11.5. The first-order chi connectivity index (χ1) is 7.70. The van der Waals surface area contributed by atoms with Gasteiger partial charge in [0.2, 0.25) is 0 Å². The fourth-order valence-electron chi connectivity index (χ4n) is 1.51. The molecule has 16 heavy (non-hydrogen) atoms. The summed E-state index contributed by atoms with van der Waals surface area (Å²) in [7, 11) is 0. The maximum Gasteiger partial charge on any atom is 0.0991 e. The molecular formula is C14H10BrN. The largest absolute Gasteiger partial charge is 0.192 e. The van der Waals surface area contributed by atoms with Crippen molar-refractivity contribution in [2.24, 2.45) is 0 Å². The molecule has 2 aromatic rings. The predicted octanol–water partition coefficient (Wildman–Crippen LogP) is 4.30. The molecule has 0 N–H and O–H groups in total. The first-order valence-corrected chi connectivity index (χ1v) is 5.76. The van der Waals surface area contributed by atoms with Gasteiger partial charge < -0.3 is 0 Å². The van der Waals surface area contributed by atoms with Crippen LogP contribution in [0, 0.1) is 18.3 Å². The first kappa shape index (κ1) is 10.9. The predicted molar refractivity (Wildman–Crippen MR) is 69.0 cm³/mol. The molecule has 2 aromatic carbocycles. The van der Waals surface area contributed by atoms with Crippen LogP contribution in [-0.2, 0) is 0 Å². The van der Waals surface area contributed by atoms with Gasteiger partial charge in [-0.15, -0.1) is 0 Å². The van der Waals surface area contributed by atoms with Crippen LogP contribution in [0.4, 0.5) is 0 Å². The molecule has 0 heterocycles. The minimum absolute atomic E-state index is 0.690. The fourth-order valence-corrected chi connectivity index (χ4v) is 1.89. The van der Waals surface area contributed by atoms with Crippen molar-refractivity contribution in [2.75, 3.05) is 0 Å². The van der Waals surface area contributed by atoms with Crippen molar-refractivity contribution in [3.63, 3.8) is 0 Å². The van der Waals surface area contributed by atoms with Crippen LogP contribution in [0.15, 0.2) is 46.9 Å². The van der Waals surface area contributed by atoms with Crippen molar-refractivity contribution in [3.05, 3.63) is 58.1 Å². The molecule has 0 radical (unpaired) electrons. The molecule has 1 nitrogen and oxygen atoms in total. The SMILES string of the molecule is Cc1ccc(-c2ccc(C#N)cc2)cc1Br. The van der Waals surface area contributed by atoms with Crippen LogP contribution in [0.5, 0.6) is 0 Å². The van der Waals surface area contributed by atoms with Gasteiger partial charge in [0.25, 0.3) is 0 Å². The summed E-state index contributed by atoms with van der Waals surface area (Å²) >= 11 is 3.52. The molecule has 0 saturated heterocycles. The Hall–Kier alpha value is -1.59. The maximum atomic E-state index is 8.72. The van der Waals surface area contributed by atoms with Gasteiger partial charge in [-0.3, -0.25) is 0 Å². The highest BCUT2D eigenvalue weighted by atomic mass is 79.9. The zero-order valence-corrected chi connectivity index (χ0v) is 10.5. The van der Waals surface area contributed by atoms with E-state index in [4.69, 9.17) is 5.26 Å². The van der Waals surface area contributed by atoms with Crippen LogP contribution in [0.25, 0.3) is 11.1 Å². The highest BCUT2D eigenvalue weighted by molar-refractivity contribution is 9.10. The Kier molecular flexibility index (Phi) is 3.07. The minimum Gasteiger partial charge on any atom is -0.192 e. The van der Waals surface area contributed by atoms with Crippen LogP contribution in [-0.4, -0.2) is 0 Å². The fraction of sp³-hybridized carbons (Fsp3) is 0.0714. The zero-order valence-electron chi connectivity index (χ0n) is 8.87. The molecule has 0 spiro atoms. The average Bonchev–Trinajstić information content (AvgIpc) is 2.33. The Labute approximate surface area is 103 Å². The summed E-state index contributed by atoms with van der Waals surface area (Å²) in [6.07, 6.45) is 0. The lowest BCUT2D eigenvalue weighted by molar-refractivity contribution is 1.43. The van der Waals surface area contributed by atoms with Crippen LogP contribution in [0.3, 0.4) is 0 Å². The molecule has 0 aromatic heterocycles. The molecule has 0 aliphatic rings. The summed E-state index contributed by atoms with van der Waals surface area (Å²) in [4.78, 5) is 0. The quantitative estimate of drug-likeness (QED) is 0.759. The molecule has 0 aliphatic heterocycles. The Bertz CT molecular complexity index is 550. The summed E-state index contributed by atoms with van der Waals surface area (Å²) < 4.78 is 1.11. The van der Waals surface area contributed by atoms with Crippen LogP contribution in [0.1, 0.15) is 11.1 Å². The third-order valence-electron chi connectivity index (χ3n) is 2.52. The van der Waals surface area contributed by atoms with E-state index < -0.39 is 0 Å². The highest BCUT2D eigenvalue weighted by Crippen LogP contribution is 2.25. The molecule has 0 fully saturated rings. The second-order valence-electron chi connectivity index (χ2n) is 3.65. The van der Waals surface area contributed by atoms with E-state index in [1.165, 1.54) is 5.56 Å². The standard InChI is InChI=1S/C14H10BrN/c1-10-2-5-13(8-14(10)15)12-6-3-11(9-16)4-7-12/h2-8H,1H3. The number of nitriles is 1. The van der Waals surface area contributed by atoms with Gasteiger partial charge in [-0.05, 0) is 41.8 Å². The Balaban J connectivity index is 2.43. The van der Waals surface area contributed by atoms with Crippen molar-refractivity contribution in [2.45, 2.75) is 6.92 Å². The first-order valence-electron chi connectivity index (χ1n) is 4.97. The van der Waals surface area contributed by atoms with Crippen molar-refractivity contribution in [3.8, 4) is 17.2 Å². The van der Waals surface area contributed by atoms with E-state index in [0.29, 0.717) is 5.56 Å². The van der Waals surface area contributed by atoms with Gasteiger partial charge >= 0.3 is 0 Å². The highest BCUT2D eigenvalue weighted by Gasteiger charge is 2.00. The Morgan fingerprint density at radius 2 is 1.62 bits per heavy atom. The Morgan fingerprint density at radius 1 is 1.00 bits per heavy atom. The van der Waals surface area contributed by atoms with E-state index in [9.17, 15) is 0 Å². The third-order valence-corrected chi connectivity index (χ3v) is 3.37. The van der Waals surface area contributed by atoms with Gasteiger partial charge in [0.15, 0.2) is 0 Å². The second-order valence-corrected chi connectivity index (χ2v) is 4.51. The summed E-state index contributed by atoms with van der Waals surface area (Å²) in [6, 6.07) is 16.0. The lowest BCUT2D eigenvalue weighted by Gasteiger charge is -2.04. The molecule has 0 amide bonds. The van der Waals surface area contributed by atoms with Crippen LogP contribution in [0.2, 0.25) is 0 Å². The second kappa shape index (κ2) is 4.51. The molecule has 2 rings (SSSR count). The molecule has 78 valence electrons. The van der Waals surface area contributed by atoms with E-state index in [2.05, 4.69) is 47.1 Å². The third kappa shape index (κ3) is 2.15. The molecule has 0 atom stereocenters. The van der Waals surface area contributed by atoms with E-state index in [1.54, 1.807) is 0 Å². The monoisotopic (exact) mass is 271 g/mol. The van der Waals surface area contributed by atoms with Gasteiger partial charge in [0, 0.05) is 4.47 Å². The van der Waals surface area contributed by atoms with Crippen molar-refractivity contribution in [1.29, 1.82) is 5.26 Å². The van der Waals surface area contributed by atoms with Crippen LogP contribution < -0.4 is 0 Å². The van der Waals surface area contributed by atoms with Crippen molar-refractivity contribution in [1.82, 2.24) is 0 Å². The van der Waals surface area contributed by atoms with E-state index in [1.807, 2.05) is 24.3 Å². The summed E-state index contributed by atoms with van der Waals surface area (Å²) in [5.74, 6) is 0. The van der Waals surface area contributed by atoms with Gasteiger partial charge in [0.05, 0.1) is 11.6 Å². The number of hydrogen-bond acceptors (Lipinski definition) is 1. The normalized spacial score (nSPS) is 9.81. The number of benzene rings is 2. The van der Waals surface area contributed by atoms with E-state index in [-0.39, 0.29) is 0 Å². The number of nitrogens with zero attached hydrogens (tertiary/aromatic N) is 1. The average molecular weight is 272 g/mol. The van der Waals surface area contributed by atoms with Gasteiger partial charge in [-0.25, -0.2) is 0 Å². The molecule has 0 aliphatic carbocycles. The molecule has 0 saturated carbocycles. The van der Waals surface area contributed by atoms with Gasteiger partial charge in [-0.1, -0.05) is 40.2 Å². The summed E-state index contributed by atoms with van der Waals surface area (Å²) in [5.41, 5.74) is 4.19. The lowest BCUT2D eigenvalue weighted by atomic mass is 10.0. The molecular weight excluding hydrogens is 262 g/mol. The molecule has 2 heteroatoms. The molecule has 0 unspecified atom stereocenters. The van der Waals surface area contributed by atoms with Crippen molar-refractivity contribution < 1.29 is 0 Å². The number of aryl methyl sites for hydroxylation is 1. The van der Waals surface area contributed by atoms with Crippen molar-refractivity contribution >= 4 is 15.9 Å². The smallest absolute Gasteiger partial charge is 0.0991 e. The number of halogens is 1. The maximum absolute atomic E-state index is 8.72. The topological polar surface area (TPSA) is 23.8 Å². The minimum atomic E-state index is 0.690.